The molecule has 0 N–H and O–H groups in total. The lowest BCUT2D eigenvalue weighted by Crippen LogP contribution is -2.00. The first-order chi connectivity index (χ1) is 16.0. The summed E-state index contributed by atoms with van der Waals surface area (Å²) < 4.78 is 6.06. The van der Waals surface area contributed by atoms with Gasteiger partial charge in [-0.2, -0.15) is 0 Å². The third-order valence-electron chi connectivity index (χ3n) is 4.94. The van der Waals surface area contributed by atoms with Crippen LogP contribution in [0.1, 0.15) is 16.7 Å². The predicted molar refractivity (Wildman–Crippen MR) is 130 cm³/mol. The van der Waals surface area contributed by atoms with Gasteiger partial charge >= 0.3 is 0 Å². The van der Waals surface area contributed by atoms with E-state index in [1.807, 2.05) is 42.5 Å². The molecule has 0 unspecified atom stereocenters. The molecule has 0 heterocycles. The highest BCUT2D eigenvalue weighted by Gasteiger charge is 2.10. The van der Waals surface area contributed by atoms with Crippen molar-refractivity contribution >= 4 is 45.9 Å². The number of nitro groups is 1. The maximum absolute atomic E-state index is 10.9. The number of ether oxygens (including phenoxy) is 1. The van der Waals surface area contributed by atoms with E-state index in [0.29, 0.717) is 21.4 Å². The van der Waals surface area contributed by atoms with E-state index in [1.54, 1.807) is 30.5 Å². The second-order valence-electron chi connectivity index (χ2n) is 7.16. The third-order valence-corrected chi connectivity index (χ3v) is 5.52. The number of hydrogen-bond donors (Lipinski definition) is 0. The molecular weight excluding hydrogens is 463 g/mol. The number of benzene rings is 4. The van der Waals surface area contributed by atoms with Crippen LogP contribution in [0.4, 0.5) is 5.69 Å². The highest BCUT2D eigenvalue weighted by Crippen LogP contribution is 2.29. The van der Waals surface area contributed by atoms with Crippen LogP contribution in [0.2, 0.25) is 10.0 Å². The van der Waals surface area contributed by atoms with Gasteiger partial charge in [-0.05, 0) is 34.5 Å². The molecule has 0 saturated carbocycles. The highest BCUT2D eigenvalue weighted by molar-refractivity contribution is 6.35. The number of oxime groups is 1. The molecule has 0 aromatic heterocycles. The number of rotatable bonds is 8. The molecule has 8 heteroatoms. The Bertz CT molecular complexity index is 1340. The van der Waals surface area contributed by atoms with Crippen LogP contribution in [0.15, 0.2) is 84.0 Å². The van der Waals surface area contributed by atoms with Gasteiger partial charge in [0.2, 0.25) is 0 Å². The van der Waals surface area contributed by atoms with Crippen molar-refractivity contribution in [3.8, 4) is 5.75 Å². The topological polar surface area (TPSA) is 74.0 Å². The zero-order valence-electron chi connectivity index (χ0n) is 17.3. The molecule has 4 rings (SSSR count). The Kier molecular flexibility index (Phi) is 7.07. The molecule has 33 heavy (non-hydrogen) atoms. The number of nitro benzene ring substituents is 1. The smallest absolute Gasteiger partial charge is 0.269 e. The zero-order chi connectivity index (χ0) is 23.2. The number of hydrogen-bond acceptors (Lipinski definition) is 5. The molecule has 4 aromatic carbocycles. The number of halogens is 2. The fraction of sp³-hybridized carbons (Fsp3) is 0.0800. The summed E-state index contributed by atoms with van der Waals surface area (Å²) in [6.07, 6.45) is 1.58. The van der Waals surface area contributed by atoms with E-state index < -0.39 is 4.92 Å². The Hall–Kier alpha value is -3.61. The van der Waals surface area contributed by atoms with Crippen LogP contribution >= 0.6 is 23.2 Å². The monoisotopic (exact) mass is 480 g/mol. The molecule has 166 valence electrons. The summed E-state index contributed by atoms with van der Waals surface area (Å²) in [5, 5.41) is 18.1. The molecule has 0 atom stereocenters. The van der Waals surface area contributed by atoms with Crippen LogP contribution in [0.5, 0.6) is 5.75 Å². The minimum Gasteiger partial charge on any atom is -0.488 e. The van der Waals surface area contributed by atoms with Crippen molar-refractivity contribution in [2.75, 3.05) is 0 Å². The van der Waals surface area contributed by atoms with Crippen LogP contribution in [0, 0.1) is 10.1 Å². The zero-order valence-corrected chi connectivity index (χ0v) is 18.8. The molecule has 0 fully saturated rings. The SMILES string of the molecule is O=[N+]([O-])c1cccc(CO/N=C\c2c(OCc3ccc(Cl)cc3Cl)ccc3ccccc23)c1. The maximum Gasteiger partial charge on any atom is 0.269 e. The van der Waals surface area contributed by atoms with Gasteiger partial charge in [0.15, 0.2) is 0 Å². The van der Waals surface area contributed by atoms with Gasteiger partial charge in [0.1, 0.15) is 19.0 Å². The normalized spacial score (nSPS) is 11.1. The summed E-state index contributed by atoms with van der Waals surface area (Å²) >= 11 is 12.2. The van der Waals surface area contributed by atoms with E-state index in [1.165, 1.54) is 12.1 Å². The highest BCUT2D eigenvalue weighted by atomic mass is 35.5. The lowest BCUT2D eigenvalue weighted by atomic mass is 10.0. The molecule has 0 saturated heterocycles. The average molecular weight is 481 g/mol. The second kappa shape index (κ2) is 10.3. The predicted octanol–water partition coefficient (Wildman–Crippen LogP) is 7.18. The Balaban J connectivity index is 1.54. The summed E-state index contributed by atoms with van der Waals surface area (Å²) in [6, 6.07) is 23.2. The fourth-order valence-corrected chi connectivity index (χ4v) is 3.75. The van der Waals surface area contributed by atoms with E-state index in [4.69, 9.17) is 32.8 Å². The molecule has 0 aliphatic carbocycles. The minimum absolute atomic E-state index is 0.00526. The van der Waals surface area contributed by atoms with Crippen molar-refractivity contribution in [1.29, 1.82) is 0 Å². The first-order valence-electron chi connectivity index (χ1n) is 9.98. The van der Waals surface area contributed by atoms with Gasteiger partial charge in [-0.3, -0.25) is 10.1 Å². The first kappa shape index (κ1) is 22.6. The van der Waals surface area contributed by atoms with E-state index in [0.717, 1.165) is 21.9 Å². The lowest BCUT2D eigenvalue weighted by Gasteiger charge is -2.12. The van der Waals surface area contributed by atoms with Crippen LogP contribution in [-0.2, 0) is 18.1 Å². The molecular formula is C25H18Cl2N2O4. The Morgan fingerprint density at radius 3 is 2.61 bits per heavy atom. The van der Waals surface area contributed by atoms with Crippen molar-refractivity contribution in [3.05, 3.63) is 116 Å². The van der Waals surface area contributed by atoms with E-state index >= 15 is 0 Å². The Morgan fingerprint density at radius 2 is 1.79 bits per heavy atom. The number of nitrogens with zero attached hydrogens (tertiary/aromatic N) is 2. The van der Waals surface area contributed by atoms with Gasteiger partial charge in [-0.25, -0.2) is 0 Å². The summed E-state index contributed by atoms with van der Waals surface area (Å²) in [5.41, 5.74) is 2.20. The largest absolute Gasteiger partial charge is 0.488 e. The first-order valence-corrected chi connectivity index (χ1v) is 10.7. The summed E-state index contributed by atoms with van der Waals surface area (Å²) in [5.74, 6) is 0.613. The van der Waals surface area contributed by atoms with Crippen molar-refractivity contribution in [3.63, 3.8) is 0 Å². The fourth-order valence-electron chi connectivity index (χ4n) is 3.29. The molecule has 0 aliphatic heterocycles. The number of fused-ring (bicyclic) bond motifs is 1. The van der Waals surface area contributed by atoms with Gasteiger partial charge in [-0.1, -0.05) is 76.9 Å². The molecule has 0 aliphatic rings. The van der Waals surface area contributed by atoms with Crippen molar-refractivity contribution in [2.45, 2.75) is 13.2 Å². The van der Waals surface area contributed by atoms with Crippen LogP contribution < -0.4 is 4.74 Å². The summed E-state index contributed by atoms with van der Waals surface area (Å²) in [7, 11) is 0. The molecule has 6 nitrogen and oxygen atoms in total. The molecule has 0 amide bonds. The Labute approximate surface area is 200 Å². The minimum atomic E-state index is -0.445. The third kappa shape index (κ3) is 5.61. The van der Waals surface area contributed by atoms with Crippen LogP contribution in [0.3, 0.4) is 0 Å². The van der Waals surface area contributed by atoms with Crippen molar-refractivity contribution in [1.82, 2.24) is 0 Å². The van der Waals surface area contributed by atoms with Gasteiger partial charge in [-0.15, -0.1) is 0 Å². The lowest BCUT2D eigenvalue weighted by molar-refractivity contribution is -0.384. The van der Waals surface area contributed by atoms with Crippen LogP contribution in [0.25, 0.3) is 10.8 Å². The number of non-ortho nitro benzene ring substituents is 1. The second-order valence-corrected chi connectivity index (χ2v) is 8.00. The van der Waals surface area contributed by atoms with E-state index in [-0.39, 0.29) is 18.9 Å². The Morgan fingerprint density at radius 1 is 0.939 bits per heavy atom. The standard InChI is InChI=1S/C25H18Cl2N2O4/c26-20-10-8-19(24(27)13-20)16-32-25-11-9-18-5-1-2-7-22(18)23(25)14-28-33-15-17-4-3-6-21(12-17)29(30)31/h1-14H,15-16H2/b28-14-. The van der Waals surface area contributed by atoms with Gasteiger partial charge in [0, 0.05) is 33.3 Å². The van der Waals surface area contributed by atoms with Crippen molar-refractivity contribution in [2.24, 2.45) is 5.16 Å². The molecule has 0 spiro atoms. The molecule has 0 radical (unpaired) electrons. The summed E-state index contributed by atoms with van der Waals surface area (Å²) in [4.78, 5) is 15.9. The van der Waals surface area contributed by atoms with Gasteiger partial charge in [0.05, 0.1) is 11.1 Å². The van der Waals surface area contributed by atoms with E-state index in [2.05, 4.69) is 5.16 Å². The van der Waals surface area contributed by atoms with E-state index in [9.17, 15) is 10.1 Å². The van der Waals surface area contributed by atoms with Gasteiger partial charge in [0.25, 0.3) is 5.69 Å². The van der Waals surface area contributed by atoms with Crippen LogP contribution in [-0.4, -0.2) is 11.1 Å². The molecule has 4 aromatic rings. The average Bonchev–Trinajstić information content (AvgIpc) is 2.82. The molecule has 0 bridgehead atoms. The van der Waals surface area contributed by atoms with Crippen molar-refractivity contribution < 1.29 is 14.5 Å². The quantitative estimate of drug-likeness (QED) is 0.152. The maximum atomic E-state index is 10.9. The summed E-state index contributed by atoms with van der Waals surface area (Å²) in [6.45, 7) is 0.350. The van der Waals surface area contributed by atoms with Gasteiger partial charge < -0.3 is 9.57 Å².